The zero-order valence-corrected chi connectivity index (χ0v) is 13.3. The van der Waals surface area contributed by atoms with Gasteiger partial charge in [0, 0.05) is 11.6 Å². The normalized spacial score (nSPS) is 19.5. The predicted octanol–water partition coefficient (Wildman–Crippen LogP) is 3.53. The van der Waals surface area contributed by atoms with Crippen molar-refractivity contribution in [3.8, 4) is 5.75 Å². The Morgan fingerprint density at radius 2 is 1.95 bits per heavy atom. The first-order valence-electron chi connectivity index (χ1n) is 7.65. The smallest absolute Gasteiger partial charge is 0.434 e. The summed E-state index contributed by atoms with van der Waals surface area (Å²) in [6, 6.07) is 6.70. The zero-order valence-electron chi connectivity index (χ0n) is 13.3. The summed E-state index contributed by atoms with van der Waals surface area (Å²) in [5.74, 6) is 0.266. The fourth-order valence-electron chi connectivity index (χ4n) is 2.75. The van der Waals surface area contributed by atoms with Gasteiger partial charge in [-0.15, -0.1) is 0 Å². The van der Waals surface area contributed by atoms with E-state index in [1.165, 1.54) is 0 Å². The average molecular weight is 305 g/mol. The Morgan fingerprint density at radius 3 is 2.50 bits per heavy atom. The molecule has 0 bridgehead atoms. The van der Waals surface area contributed by atoms with Gasteiger partial charge in [-0.05, 0) is 55.9 Å². The van der Waals surface area contributed by atoms with Crippen molar-refractivity contribution < 1.29 is 19.1 Å². The molecule has 1 aliphatic carbocycles. The summed E-state index contributed by atoms with van der Waals surface area (Å²) in [6.07, 6.45) is 2.41. The van der Waals surface area contributed by atoms with Crippen LogP contribution in [0.15, 0.2) is 24.3 Å². The quantitative estimate of drug-likeness (QED) is 0.682. The van der Waals surface area contributed by atoms with Crippen LogP contribution in [0.2, 0.25) is 0 Å². The van der Waals surface area contributed by atoms with Gasteiger partial charge in [0.05, 0.1) is 6.61 Å². The monoisotopic (exact) mass is 305 g/mol. The van der Waals surface area contributed by atoms with Gasteiger partial charge in [0.1, 0.15) is 5.75 Å². The molecule has 0 heterocycles. The van der Waals surface area contributed by atoms with Crippen LogP contribution in [0.5, 0.6) is 5.75 Å². The largest absolute Gasteiger partial charge is 0.513 e. The van der Waals surface area contributed by atoms with E-state index in [9.17, 15) is 9.59 Å². The molecule has 1 aliphatic rings. The second-order valence-electron chi connectivity index (χ2n) is 6.39. The highest BCUT2D eigenvalue weighted by Gasteiger charge is 2.31. The minimum Gasteiger partial charge on any atom is -0.434 e. The predicted molar refractivity (Wildman–Crippen MR) is 83.0 cm³/mol. The number of amides is 1. The summed E-state index contributed by atoms with van der Waals surface area (Å²) >= 11 is 0. The molecule has 0 aromatic heterocycles. The van der Waals surface area contributed by atoms with Crippen LogP contribution in [-0.2, 0) is 4.74 Å². The second-order valence-corrected chi connectivity index (χ2v) is 6.39. The number of hydrogen-bond acceptors (Lipinski definition) is 4. The fourth-order valence-corrected chi connectivity index (χ4v) is 2.75. The lowest BCUT2D eigenvalue weighted by molar-refractivity contribution is 0.0936. The maximum absolute atomic E-state index is 12.2. The lowest BCUT2D eigenvalue weighted by Gasteiger charge is -2.17. The van der Waals surface area contributed by atoms with Gasteiger partial charge in [0.15, 0.2) is 0 Å². The first kappa shape index (κ1) is 16.3. The van der Waals surface area contributed by atoms with Gasteiger partial charge in [-0.25, -0.2) is 4.79 Å². The highest BCUT2D eigenvalue weighted by molar-refractivity contribution is 5.94. The number of carbonyl (C=O) groups is 2. The summed E-state index contributed by atoms with van der Waals surface area (Å²) in [4.78, 5) is 23.4. The maximum Gasteiger partial charge on any atom is 0.513 e. The van der Waals surface area contributed by atoms with Crippen LogP contribution in [-0.4, -0.2) is 24.7 Å². The van der Waals surface area contributed by atoms with E-state index in [0.29, 0.717) is 16.7 Å². The molecule has 5 nitrogen and oxygen atoms in total. The topological polar surface area (TPSA) is 64.6 Å². The van der Waals surface area contributed by atoms with Gasteiger partial charge in [0.2, 0.25) is 0 Å². The second kappa shape index (κ2) is 6.81. The molecule has 0 spiro atoms. The molecule has 2 rings (SSSR count). The number of rotatable bonds is 4. The van der Waals surface area contributed by atoms with E-state index in [2.05, 4.69) is 19.2 Å². The van der Waals surface area contributed by atoms with Crippen molar-refractivity contribution in [2.24, 2.45) is 5.41 Å². The average Bonchev–Trinajstić information content (AvgIpc) is 2.79. The van der Waals surface area contributed by atoms with Gasteiger partial charge < -0.3 is 14.8 Å². The van der Waals surface area contributed by atoms with E-state index in [1.807, 2.05) is 0 Å². The summed E-state index contributed by atoms with van der Waals surface area (Å²) < 4.78 is 9.65. The van der Waals surface area contributed by atoms with Gasteiger partial charge in [-0.1, -0.05) is 13.8 Å². The SMILES string of the molecule is CCOC(=O)Oc1ccc(C(=O)NC2CCC(C)(C)C2)cc1. The molecule has 0 saturated heterocycles. The molecular weight excluding hydrogens is 282 g/mol. The van der Waals surface area contributed by atoms with Crippen molar-refractivity contribution in [3.63, 3.8) is 0 Å². The van der Waals surface area contributed by atoms with Crippen molar-refractivity contribution >= 4 is 12.1 Å². The summed E-state index contributed by atoms with van der Waals surface area (Å²) in [5.41, 5.74) is 0.857. The maximum atomic E-state index is 12.2. The summed E-state index contributed by atoms with van der Waals surface area (Å²) in [7, 11) is 0. The third-order valence-electron chi connectivity index (χ3n) is 3.88. The molecule has 0 radical (unpaired) electrons. The van der Waals surface area contributed by atoms with E-state index in [-0.39, 0.29) is 18.6 Å². The molecule has 1 unspecified atom stereocenters. The fraction of sp³-hybridized carbons (Fsp3) is 0.529. The highest BCUT2D eigenvalue weighted by atomic mass is 16.7. The standard InChI is InChI=1S/C17H23NO4/c1-4-21-16(20)22-14-7-5-12(6-8-14)15(19)18-13-9-10-17(2,3)11-13/h5-8,13H,4,9-11H2,1-3H3,(H,18,19). The Kier molecular flexibility index (Phi) is 5.06. The Hall–Kier alpha value is -2.04. The molecule has 1 amide bonds. The van der Waals surface area contributed by atoms with Crippen molar-refractivity contribution in [2.45, 2.75) is 46.1 Å². The first-order chi connectivity index (χ1) is 10.4. The Labute approximate surface area is 131 Å². The molecule has 22 heavy (non-hydrogen) atoms. The molecule has 120 valence electrons. The molecule has 1 saturated carbocycles. The van der Waals surface area contributed by atoms with Crippen molar-refractivity contribution in [2.75, 3.05) is 6.61 Å². The highest BCUT2D eigenvalue weighted by Crippen LogP contribution is 2.36. The van der Waals surface area contributed by atoms with Crippen LogP contribution >= 0.6 is 0 Å². The van der Waals surface area contributed by atoms with Crippen molar-refractivity contribution in [3.05, 3.63) is 29.8 Å². The van der Waals surface area contributed by atoms with E-state index >= 15 is 0 Å². The molecule has 1 aromatic carbocycles. The van der Waals surface area contributed by atoms with E-state index in [4.69, 9.17) is 9.47 Å². The molecule has 0 aliphatic heterocycles. The molecule has 1 N–H and O–H groups in total. The van der Waals surface area contributed by atoms with Gasteiger partial charge in [-0.3, -0.25) is 4.79 Å². The van der Waals surface area contributed by atoms with Crippen LogP contribution in [0.25, 0.3) is 0 Å². The van der Waals surface area contributed by atoms with Crippen molar-refractivity contribution in [1.82, 2.24) is 5.32 Å². The lowest BCUT2D eigenvalue weighted by Crippen LogP contribution is -2.33. The third-order valence-corrected chi connectivity index (χ3v) is 3.88. The molecule has 1 atom stereocenters. The van der Waals surface area contributed by atoms with Crippen LogP contribution in [0.1, 0.15) is 50.4 Å². The summed E-state index contributed by atoms with van der Waals surface area (Å²) in [5, 5.41) is 3.06. The van der Waals surface area contributed by atoms with Crippen LogP contribution in [0.4, 0.5) is 4.79 Å². The minimum atomic E-state index is -0.743. The number of carbonyl (C=O) groups excluding carboxylic acids is 2. The molecular formula is C17H23NO4. The van der Waals surface area contributed by atoms with Crippen LogP contribution in [0, 0.1) is 5.41 Å². The third kappa shape index (κ3) is 4.48. The van der Waals surface area contributed by atoms with Gasteiger partial charge in [0.25, 0.3) is 5.91 Å². The van der Waals surface area contributed by atoms with Gasteiger partial charge >= 0.3 is 6.16 Å². The molecule has 5 heteroatoms. The van der Waals surface area contributed by atoms with Gasteiger partial charge in [-0.2, -0.15) is 0 Å². The van der Waals surface area contributed by atoms with E-state index in [1.54, 1.807) is 31.2 Å². The zero-order chi connectivity index (χ0) is 16.2. The molecule has 1 aromatic rings. The number of ether oxygens (including phenoxy) is 2. The van der Waals surface area contributed by atoms with E-state index < -0.39 is 6.16 Å². The number of hydrogen-bond donors (Lipinski definition) is 1. The van der Waals surface area contributed by atoms with Crippen LogP contribution in [0.3, 0.4) is 0 Å². The van der Waals surface area contributed by atoms with E-state index in [0.717, 1.165) is 19.3 Å². The van der Waals surface area contributed by atoms with Crippen molar-refractivity contribution in [1.29, 1.82) is 0 Å². The molecule has 1 fully saturated rings. The summed E-state index contributed by atoms with van der Waals surface area (Å²) in [6.45, 7) is 6.41. The Bertz CT molecular complexity index is 536. The minimum absolute atomic E-state index is 0.0922. The number of benzene rings is 1. The Morgan fingerprint density at radius 1 is 1.27 bits per heavy atom. The first-order valence-corrected chi connectivity index (χ1v) is 7.65. The van der Waals surface area contributed by atoms with Crippen LogP contribution < -0.4 is 10.1 Å². The lowest BCUT2D eigenvalue weighted by atomic mass is 9.92. The Balaban J connectivity index is 1.90. The number of nitrogens with one attached hydrogen (secondary N) is 1.